The molecule has 21 heavy (non-hydrogen) atoms. The van der Waals surface area contributed by atoms with Crippen LogP contribution in [0.3, 0.4) is 0 Å². The Hall–Kier alpha value is -2.33. The maximum atomic E-state index is 8.80. The maximum Gasteiger partial charge on any atom is 0.217 e. The minimum atomic E-state index is -0.00223. The molecular weight excluding hydrogens is 266 g/mol. The van der Waals surface area contributed by atoms with Gasteiger partial charge in [0, 0.05) is 5.56 Å². The number of ether oxygens (including phenoxy) is 2. The molecule has 1 heterocycles. The Kier molecular flexibility index (Phi) is 4.17. The van der Waals surface area contributed by atoms with Crippen LogP contribution in [0.25, 0.3) is 0 Å². The van der Waals surface area contributed by atoms with Crippen molar-refractivity contribution in [2.75, 3.05) is 19.8 Å². The van der Waals surface area contributed by atoms with E-state index in [9.17, 15) is 0 Å². The normalized spacial score (nSPS) is 17.2. The highest BCUT2D eigenvalue weighted by atomic mass is 16.5. The monoisotopic (exact) mass is 283 g/mol. The molecule has 1 aliphatic heterocycles. The third kappa shape index (κ3) is 3.23. The van der Waals surface area contributed by atoms with Crippen molar-refractivity contribution in [1.29, 1.82) is 0 Å². The molecule has 0 fully saturated rings. The van der Waals surface area contributed by atoms with Gasteiger partial charge in [-0.15, -0.1) is 0 Å². The van der Waals surface area contributed by atoms with Crippen LogP contribution in [0.5, 0.6) is 5.75 Å². The van der Waals surface area contributed by atoms with E-state index < -0.39 is 0 Å². The van der Waals surface area contributed by atoms with Crippen LogP contribution >= 0.6 is 0 Å². The summed E-state index contributed by atoms with van der Waals surface area (Å²) in [5, 5.41) is 8.80. The van der Waals surface area contributed by atoms with E-state index >= 15 is 0 Å². The minimum Gasteiger partial charge on any atom is -0.491 e. The molecule has 0 aliphatic carbocycles. The summed E-state index contributed by atoms with van der Waals surface area (Å²) in [6, 6.07) is 17.7. The Bertz CT molecular complexity index is 625. The molecular formula is C17H17NO3. The second kappa shape index (κ2) is 6.41. The lowest BCUT2D eigenvalue weighted by Gasteiger charge is -2.06. The first kappa shape index (κ1) is 13.6. The van der Waals surface area contributed by atoms with Crippen LogP contribution in [-0.2, 0) is 4.74 Å². The molecule has 0 aromatic heterocycles. The number of hydrogen-bond donors (Lipinski definition) is 1. The maximum absolute atomic E-state index is 8.80. The zero-order chi connectivity index (χ0) is 14.5. The van der Waals surface area contributed by atoms with Crippen molar-refractivity contribution in [3.63, 3.8) is 0 Å². The summed E-state index contributed by atoms with van der Waals surface area (Å²) in [6.45, 7) is 0.836. The van der Waals surface area contributed by atoms with Crippen LogP contribution in [0.4, 0.5) is 0 Å². The van der Waals surface area contributed by atoms with Crippen molar-refractivity contribution in [1.82, 2.24) is 0 Å². The summed E-state index contributed by atoms with van der Waals surface area (Å²) in [5.41, 5.74) is 2.05. The van der Waals surface area contributed by atoms with E-state index in [1.165, 1.54) is 0 Å². The summed E-state index contributed by atoms with van der Waals surface area (Å²) in [7, 11) is 0. The van der Waals surface area contributed by atoms with E-state index in [2.05, 4.69) is 17.1 Å². The van der Waals surface area contributed by atoms with Gasteiger partial charge in [-0.3, -0.25) is 0 Å². The Morgan fingerprint density at radius 1 is 1.14 bits per heavy atom. The lowest BCUT2D eigenvalue weighted by atomic mass is 10.1. The largest absolute Gasteiger partial charge is 0.491 e. The van der Waals surface area contributed by atoms with Gasteiger partial charge in [0.25, 0.3) is 0 Å². The van der Waals surface area contributed by atoms with E-state index in [1.54, 1.807) is 0 Å². The highest BCUT2D eigenvalue weighted by Gasteiger charge is 2.21. The molecule has 0 radical (unpaired) electrons. The predicted molar refractivity (Wildman–Crippen MR) is 80.7 cm³/mol. The fourth-order valence-electron chi connectivity index (χ4n) is 2.26. The molecule has 4 heteroatoms. The molecule has 0 bridgehead atoms. The van der Waals surface area contributed by atoms with Gasteiger partial charge in [0.1, 0.15) is 25.0 Å². The van der Waals surface area contributed by atoms with Crippen LogP contribution < -0.4 is 4.74 Å². The third-order valence-electron chi connectivity index (χ3n) is 3.28. The predicted octanol–water partition coefficient (Wildman–Crippen LogP) is 2.58. The standard InChI is InChI=1S/C17H17NO3/c19-9-10-20-15-8-4-7-14(11-15)17-18-16(12-21-17)13-5-2-1-3-6-13/h1-8,11,16,19H,9-10,12H2/t16-/m0/s1. The van der Waals surface area contributed by atoms with Crippen LogP contribution in [0.15, 0.2) is 59.6 Å². The molecule has 2 aromatic rings. The summed E-state index contributed by atoms with van der Waals surface area (Å²) in [4.78, 5) is 4.64. The van der Waals surface area contributed by atoms with Crippen LogP contribution in [0, 0.1) is 0 Å². The Labute approximate surface area is 123 Å². The molecule has 4 nitrogen and oxygen atoms in total. The molecule has 0 amide bonds. The molecule has 1 aliphatic rings. The van der Waals surface area contributed by atoms with Gasteiger partial charge >= 0.3 is 0 Å². The van der Waals surface area contributed by atoms with Crippen LogP contribution in [0.1, 0.15) is 17.2 Å². The number of aliphatic hydroxyl groups is 1. The Morgan fingerprint density at radius 3 is 2.81 bits per heavy atom. The lowest BCUT2D eigenvalue weighted by Crippen LogP contribution is -2.04. The second-order valence-electron chi connectivity index (χ2n) is 4.77. The number of nitrogens with zero attached hydrogens (tertiary/aromatic N) is 1. The van der Waals surface area contributed by atoms with E-state index in [1.807, 2.05) is 42.5 Å². The Morgan fingerprint density at radius 2 is 2.00 bits per heavy atom. The van der Waals surface area contributed by atoms with Gasteiger partial charge < -0.3 is 14.6 Å². The molecule has 0 saturated carbocycles. The summed E-state index contributed by atoms with van der Waals surface area (Å²) in [6.07, 6.45) is 0. The van der Waals surface area contributed by atoms with Crippen molar-refractivity contribution in [2.45, 2.75) is 6.04 Å². The zero-order valence-corrected chi connectivity index (χ0v) is 11.6. The smallest absolute Gasteiger partial charge is 0.217 e. The van der Waals surface area contributed by atoms with Crippen molar-refractivity contribution in [2.24, 2.45) is 4.99 Å². The Balaban J connectivity index is 1.78. The number of aliphatic imine (C=N–C) groups is 1. The average molecular weight is 283 g/mol. The van der Waals surface area contributed by atoms with Gasteiger partial charge in [-0.25, -0.2) is 4.99 Å². The first-order chi connectivity index (χ1) is 10.4. The van der Waals surface area contributed by atoms with Gasteiger partial charge in [0.2, 0.25) is 5.90 Å². The number of aliphatic hydroxyl groups excluding tert-OH is 1. The van der Waals surface area contributed by atoms with Crippen LogP contribution in [0.2, 0.25) is 0 Å². The molecule has 1 atom stereocenters. The van der Waals surface area contributed by atoms with Gasteiger partial charge in [-0.2, -0.15) is 0 Å². The first-order valence-corrected chi connectivity index (χ1v) is 6.96. The SMILES string of the molecule is OCCOc1cccc(C2=N[C@H](c3ccccc3)CO2)c1. The van der Waals surface area contributed by atoms with Gasteiger partial charge in [0.05, 0.1) is 6.61 Å². The molecule has 0 saturated heterocycles. The van der Waals surface area contributed by atoms with Crippen molar-refractivity contribution < 1.29 is 14.6 Å². The van der Waals surface area contributed by atoms with Crippen molar-refractivity contribution in [3.05, 3.63) is 65.7 Å². The summed E-state index contributed by atoms with van der Waals surface area (Å²) >= 11 is 0. The summed E-state index contributed by atoms with van der Waals surface area (Å²) < 4.78 is 11.1. The molecule has 108 valence electrons. The summed E-state index contributed by atoms with van der Waals surface area (Å²) in [5.74, 6) is 1.34. The fraction of sp³-hybridized carbons (Fsp3) is 0.235. The zero-order valence-electron chi connectivity index (χ0n) is 11.6. The van der Waals surface area contributed by atoms with Gasteiger partial charge in [-0.1, -0.05) is 36.4 Å². The van der Waals surface area contributed by atoms with Crippen molar-refractivity contribution >= 4 is 5.90 Å². The average Bonchev–Trinajstić information content (AvgIpc) is 3.04. The third-order valence-corrected chi connectivity index (χ3v) is 3.28. The molecule has 1 N–H and O–H groups in total. The molecule has 0 unspecified atom stereocenters. The fourth-order valence-corrected chi connectivity index (χ4v) is 2.26. The lowest BCUT2D eigenvalue weighted by molar-refractivity contribution is 0.201. The van der Waals surface area contributed by atoms with Crippen LogP contribution in [-0.4, -0.2) is 30.8 Å². The second-order valence-corrected chi connectivity index (χ2v) is 4.77. The molecule has 3 rings (SSSR count). The minimum absolute atomic E-state index is 0.00223. The van der Waals surface area contributed by atoms with E-state index in [-0.39, 0.29) is 19.3 Å². The van der Waals surface area contributed by atoms with Gasteiger partial charge in [-0.05, 0) is 23.8 Å². The number of benzene rings is 2. The number of hydrogen-bond acceptors (Lipinski definition) is 4. The van der Waals surface area contributed by atoms with Gasteiger partial charge in [0.15, 0.2) is 0 Å². The van der Waals surface area contributed by atoms with Crippen molar-refractivity contribution in [3.8, 4) is 5.75 Å². The first-order valence-electron chi connectivity index (χ1n) is 6.96. The highest BCUT2D eigenvalue weighted by Crippen LogP contribution is 2.26. The highest BCUT2D eigenvalue weighted by molar-refractivity contribution is 5.95. The quantitative estimate of drug-likeness (QED) is 0.917. The topological polar surface area (TPSA) is 51.0 Å². The molecule has 0 spiro atoms. The number of rotatable bonds is 5. The molecule has 2 aromatic carbocycles. The van der Waals surface area contributed by atoms with E-state index in [4.69, 9.17) is 14.6 Å². The van der Waals surface area contributed by atoms with E-state index in [0.717, 1.165) is 11.1 Å². The van der Waals surface area contributed by atoms with E-state index in [0.29, 0.717) is 18.3 Å².